The van der Waals surface area contributed by atoms with E-state index in [0.29, 0.717) is 13.1 Å². The third-order valence-electron chi connectivity index (χ3n) is 4.37. The molecule has 5 nitrogen and oxygen atoms in total. The number of aliphatic imine (C=N–C) groups is 1. The van der Waals surface area contributed by atoms with E-state index in [0.717, 1.165) is 37.0 Å². The van der Waals surface area contributed by atoms with E-state index >= 15 is 0 Å². The third kappa shape index (κ3) is 3.24. The fraction of sp³-hybridized carbons (Fsp3) is 0.562. The van der Waals surface area contributed by atoms with Crippen LogP contribution in [0.25, 0.3) is 0 Å². The van der Waals surface area contributed by atoms with Gasteiger partial charge in [0.15, 0.2) is 0 Å². The van der Waals surface area contributed by atoms with Crippen LogP contribution in [0.1, 0.15) is 19.3 Å². The Morgan fingerprint density at radius 3 is 2.86 bits per heavy atom. The molecule has 22 heavy (non-hydrogen) atoms. The third-order valence-corrected chi connectivity index (χ3v) is 6.22. The first-order chi connectivity index (χ1) is 10.6. The second kappa shape index (κ2) is 6.48. The molecule has 6 heteroatoms. The molecular weight excluding hydrogens is 298 g/mol. The minimum atomic E-state index is -3.18. The van der Waals surface area contributed by atoms with Crippen LogP contribution in [0, 0.1) is 0 Å². The molecule has 0 bridgehead atoms. The van der Waals surface area contributed by atoms with Crippen LogP contribution in [0.3, 0.4) is 0 Å². The van der Waals surface area contributed by atoms with Gasteiger partial charge in [-0.05, 0) is 49.6 Å². The van der Waals surface area contributed by atoms with Gasteiger partial charge in [0.2, 0.25) is 10.0 Å². The molecule has 1 fully saturated rings. The molecule has 0 aromatic heterocycles. The summed E-state index contributed by atoms with van der Waals surface area (Å²) < 4.78 is 26.5. The van der Waals surface area contributed by atoms with Crippen molar-refractivity contribution in [2.75, 3.05) is 32.4 Å². The normalized spacial score (nSPS) is 25.0. The Kier molecular flexibility index (Phi) is 4.61. The maximum Gasteiger partial charge on any atom is 0.218 e. The van der Waals surface area contributed by atoms with Crippen LogP contribution >= 0.6 is 0 Å². The van der Waals surface area contributed by atoms with Crippen molar-refractivity contribution in [3.63, 3.8) is 0 Å². The topological polar surface area (TPSA) is 61.8 Å². The number of hydrogen-bond acceptors (Lipinski definition) is 4. The molecule has 0 amide bonds. The van der Waals surface area contributed by atoms with Crippen LogP contribution in [0.15, 0.2) is 39.9 Å². The monoisotopic (exact) mass is 321 g/mol. The zero-order chi connectivity index (χ0) is 15.6. The molecule has 1 aliphatic carbocycles. The van der Waals surface area contributed by atoms with E-state index in [1.54, 1.807) is 4.31 Å². The van der Waals surface area contributed by atoms with Crippen LogP contribution in [0.5, 0.6) is 0 Å². The van der Waals surface area contributed by atoms with Crippen LogP contribution in [0.4, 0.5) is 0 Å². The number of allylic oxidation sites excluding steroid dienone is 1. The molecule has 0 aromatic rings. The first-order valence-electron chi connectivity index (χ1n) is 7.87. The standard InChI is InChI=1S/C16H23N3O2S/c1-17-7-6-14-11-18-16-5-4-13(10-15(14)16)12-22(20,21)19-8-2-3-9-19/h4-5,10-11,16-17H,2-3,6-9,12H2,1H3/t16-/m0/s1. The summed E-state index contributed by atoms with van der Waals surface area (Å²) in [5.74, 6) is 0.0963. The average molecular weight is 321 g/mol. The van der Waals surface area contributed by atoms with Gasteiger partial charge < -0.3 is 5.32 Å². The molecule has 0 saturated carbocycles. The van der Waals surface area contributed by atoms with Crippen molar-refractivity contribution in [3.05, 3.63) is 34.9 Å². The zero-order valence-electron chi connectivity index (χ0n) is 13.0. The summed E-state index contributed by atoms with van der Waals surface area (Å²) in [5.41, 5.74) is 3.23. The Morgan fingerprint density at radius 2 is 2.14 bits per heavy atom. The van der Waals surface area contributed by atoms with Gasteiger partial charge in [0.25, 0.3) is 0 Å². The van der Waals surface area contributed by atoms with E-state index in [4.69, 9.17) is 0 Å². The van der Waals surface area contributed by atoms with Gasteiger partial charge in [-0.25, -0.2) is 12.7 Å². The van der Waals surface area contributed by atoms with E-state index < -0.39 is 10.0 Å². The van der Waals surface area contributed by atoms with Gasteiger partial charge in [0.05, 0.1) is 11.8 Å². The van der Waals surface area contributed by atoms with Gasteiger partial charge in [-0.15, -0.1) is 0 Å². The van der Waals surface area contributed by atoms with Crippen molar-refractivity contribution < 1.29 is 8.42 Å². The quantitative estimate of drug-likeness (QED) is 0.801. The minimum absolute atomic E-state index is 0.0742. The van der Waals surface area contributed by atoms with Gasteiger partial charge in [0, 0.05) is 19.3 Å². The van der Waals surface area contributed by atoms with E-state index in [9.17, 15) is 8.42 Å². The first-order valence-corrected chi connectivity index (χ1v) is 9.48. The lowest BCUT2D eigenvalue weighted by Crippen LogP contribution is -2.31. The molecule has 1 N–H and O–H groups in total. The van der Waals surface area contributed by atoms with E-state index in [1.165, 1.54) is 5.57 Å². The Morgan fingerprint density at radius 1 is 1.36 bits per heavy atom. The molecule has 2 heterocycles. The molecular formula is C16H23N3O2S. The number of nitrogens with one attached hydrogen (secondary N) is 1. The summed E-state index contributed by atoms with van der Waals surface area (Å²) in [6, 6.07) is 0.0742. The number of sulfonamides is 1. The largest absolute Gasteiger partial charge is 0.319 e. The Hall–Kier alpha value is -1.24. The van der Waals surface area contributed by atoms with E-state index in [-0.39, 0.29) is 11.8 Å². The fourth-order valence-electron chi connectivity index (χ4n) is 3.14. The van der Waals surface area contributed by atoms with Gasteiger partial charge in [0.1, 0.15) is 0 Å². The highest BCUT2D eigenvalue weighted by Crippen LogP contribution is 2.28. The predicted octanol–water partition coefficient (Wildman–Crippen LogP) is 1.27. The molecule has 0 unspecified atom stereocenters. The van der Waals surface area contributed by atoms with Crippen molar-refractivity contribution >= 4 is 16.2 Å². The van der Waals surface area contributed by atoms with Gasteiger partial charge in [-0.3, -0.25) is 4.99 Å². The molecule has 0 radical (unpaired) electrons. The van der Waals surface area contributed by atoms with Crippen molar-refractivity contribution in [3.8, 4) is 0 Å². The highest BCUT2D eigenvalue weighted by molar-refractivity contribution is 7.89. The van der Waals surface area contributed by atoms with Crippen molar-refractivity contribution in [2.24, 2.45) is 4.99 Å². The molecule has 2 aliphatic heterocycles. The Bertz CT molecular complexity index is 653. The summed E-state index contributed by atoms with van der Waals surface area (Å²) in [7, 11) is -1.25. The SMILES string of the molecule is CNCCC1=C2C=C(CS(=O)(=O)N3CCCC3)C=C[C@@H]2N=C1. The maximum atomic E-state index is 12.4. The summed E-state index contributed by atoms with van der Waals surface area (Å²) in [4.78, 5) is 4.48. The zero-order valence-corrected chi connectivity index (χ0v) is 13.8. The van der Waals surface area contributed by atoms with Gasteiger partial charge >= 0.3 is 0 Å². The minimum Gasteiger partial charge on any atom is -0.319 e. The van der Waals surface area contributed by atoms with Crippen molar-refractivity contribution in [2.45, 2.75) is 25.3 Å². The molecule has 1 saturated heterocycles. The number of fused-ring (bicyclic) bond motifs is 1. The van der Waals surface area contributed by atoms with Gasteiger partial charge in [-0.1, -0.05) is 18.2 Å². The molecule has 1 atom stereocenters. The number of hydrogen-bond donors (Lipinski definition) is 1. The summed E-state index contributed by atoms with van der Waals surface area (Å²) in [5, 5.41) is 3.14. The predicted molar refractivity (Wildman–Crippen MR) is 89.7 cm³/mol. The lowest BCUT2D eigenvalue weighted by atomic mass is 9.95. The van der Waals surface area contributed by atoms with E-state index in [2.05, 4.69) is 10.3 Å². The van der Waals surface area contributed by atoms with Crippen molar-refractivity contribution in [1.29, 1.82) is 0 Å². The molecule has 120 valence electrons. The Labute approximate surface area is 132 Å². The first kappa shape index (κ1) is 15.6. The second-order valence-electron chi connectivity index (χ2n) is 6.00. The smallest absolute Gasteiger partial charge is 0.218 e. The van der Waals surface area contributed by atoms with Crippen LogP contribution in [0.2, 0.25) is 0 Å². The van der Waals surface area contributed by atoms with Gasteiger partial charge in [-0.2, -0.15) is 0 Å². The summed E-state index contributed by atoms with van der Waals surface area (Å²) in [6.45, 7) is 2.24. The highest BCUT2D eigenvalue weighted by Gasteiger charge is 2.28. The van der Waals surface area contributed by atoms with Crippen LogP contribution in [-0.4, -0.2) is 57.4 Å². The van der Waals surface area contributed by atoms with Crippen LogP contribution < -0.4 is 5.32 Å². The molecule has 0 spiro atoms. The lowest BCUT2D eigenvalue weighted by molar-refractivity contribution is 0.480. The fourth-order valence-corrected chi connectivity index (χ4v) is 4.73. The Balaban J connectivity index is 1.76. The summed E-state index contributed by atoms with van der Waals surface area (Å²) >= 11 is 0. The van der Waals surface area contributed by atoms with Crippen molar-refractivity contribution in [1.82, 2.24) is 9.62 Å². The maximum absolute atomic E-state index is 12.4. The highest BCUT2D eigenvalue weighted by atomic mass is 32.2. The lowest BCUT2D eigenvalue weighted by Gasteiger charge is -2.19. The molecule has 0 aromatic carbocycles. The second-order valence-corrected chi connectivity index (χ2v) is 7.97. The number of nitrogens with zero attached hydrogens (tertiary/aromatic N) is 2. The molecule has 3 rings (SSSR count). The average Bonchev–Trinajstić information content (AvgIpc) is 3.15. The van der Waals surface area contributed by atoms with E-state index in [1.807, 2.05) is 31.5 Å². The number of rotatable bonds is 6. The molecule has 3 aliphatic rings. The summed E-state index contributed by atoms with van der Waals surface area (Å²) in [6.07, 6.45) is 10.7. The van der Waals surface area contributed by atoms with Crippen LogP contribution in [-0.2, 0) is 10.0 Å².